The van der Waals surface area contributed by atoms with Crippen LogP contribution in [0.25, 0.3) is 0 Å². The van der Waals surface area contributed by atoms with E-state index in [0.29, 0.717) is 12.6 Å². The van der Waals surface area contributed by atoms with Crippen molar-refractivity contribution in [3.8, 4) is 0 Å². The number of rotatable bonds is 2. The first kappa shape index (κ1) is 11.9. The van der Waals surface area contributed by atoms with E-state index in [-0.39, 0.29) is 11.8 Å². The Balaban J connectivity index is 2.26. The van der Waals surface area contributed by atoms with Crippen LogP contribution in [-0.2, 0) is 9.59 Å². The molecule has 86 valence electrons. The lowest BCUT2D eigenvalue weighted by Gasteiger charge is -2.33. The van der Waals surface area contributed by atoms with Gasteiger partial charge >= 0.3 is 0 Å². The van der Waals surface area contributed by atoms with E-state index >= 15 is 0 Å². The average molecular weight is 214 g/mol. The van der Waals surface area contributed by atoms with Crippen LogP contribution in [0.4, 0.5) is 0 Å². The molecule has 1 aliphatic heterocycles. The molecule has 3 N–H and O–H groups in total. The summed E-state index contributed by atoms with van der Waals surface area (Å²) in [6, 6.07) is 0.349. The first-order valence-corrected chi connectivity index (χ1v) is 5.10. The molecule has 0 saturated carbocycles. The Morgan fingerprint density at radius 2 is 2.20 bits per heavy atom. The number of amides is 2. The minimum Gasteiger partial charge on any atom is -0.314 e. The summed E-state index contributed by atoms with van der Waals surface area (Å²) in [4.78, 5) is 24.0. The molecule has 0 bridgehead atoms. The predicted molar refractivity (Wildman–Crippen MR) is 55.9 cm³/mol. The normalized spacial score (nSPS) is 22.1. The molecule has 1 heterocycles. The molecular formula is C9H18N4O2. The third-order valence-corrected chi connectivity index (χ3v) is 2.36. The van der Waals surface area contributed by atoms with Gasteiger partial charge in [-0.1, -0.05) is 0 Å². The fourth-order valence-electron chi connectivity index (χ4n) is 1.50. The standard InChI is InChI=1S/C9H18N4O2/c1-7-5-10-3-4-13(7)6-9(15)12-11-8(2)14/h7,10H,3-6H2,1-2H3,(H,11,14)(H,12,15)/t7-/m1/s1. The van der Waals surface area contributed by atoms with Crippen LogP contribution < -0.4 is 16.2 Å². The van der Waals surface area contributed by atoms with E-state index in [1.165, 1.54) is 6.92 Å². The lowest BCUT2D eigenvalue weighted by Crippen LogP contribution is -2.54. The minimum absolute atomic E-state index is 0.182. The summed E-state index contributed by atoms with van der Waals surface area (Å²) in [5.74, 6) is -0.448. The van der Waals surface area contributed by atoms with Crippen molar-refractivity contribution in [1.82, 2.24) is 21.1 Å². The molecule has 1 atom stereocenters. The van der Waals surface area contributed by atoms with Crippen LogP contribution in [0, 0.1) is 0 Å². The van der Waals surface area contributed by atoms with Gasteiger partial charge in [-0.3, -0.25) is 25.3 Å². The number of hydrazine groups is 1. The topological polar surface area (TPSA) is 73.5 Å². The second-order valence-corrected chi connectivity index (χ2v) is 3.75. The molecule has 6 nitrogen and oxygen atoms in total. The van der Waals surface area contributed by atoms with Crippen molar-refractivity contribution in [2.75, 3.05) is 26.2 Å². The predicted octanol–water partition coefficient (Wildman–Crippen LogP) is -1.55. The largest absolute Gasteiger partial charge is 0.314 e. The van der Waals surface area contributed by atoms with E-state index in [4.69, 9.17) is 0 Å². The maximum absolute atomic E-state index is 11.4. The first-order valence-electron chi connectivity index (χ1n) is 5.10. The van der Waals surface area contributed by atoms with E-state index in [9.17, 15) is 9.59 Å². The van der Waals surface area contributed by atoms with Crippen LogP contribution in [0.3, 0.4) is 0 Å². The average Bonchev–Trinajstić information content (AvgIpc) is 2.18. The highest BCUT2D eigenvalue weighted by molar-refractivity contribution is 5.81. The van der Waals surface area contributed by atoms with Gasteiger partial charge < -0.3 is 5.32 Å². The van der Waals surface area contributed by atoms with Crippen LogP contribution in [0.1, 0.15) is 13.8 Å². The lowest BCUT2D eigenvalue weighted by molar-refractivity contribution is -0.129. The lowest BCUT2D eigenvalue weighted by atomic mass is 10.2. The van der Waals surface area contributed by atoms with E-state index in [1.54, 1.807) is 0 Å². The quantitative estimate of drug-likeness (QED) is 0.486. The molecule has 15 heavy (non-hydrogen) atoms. The Hall–Kier alpha value is -1.14. The summed E-state index contributed by atoms with van der Waals surface area (Å²) in [7, 11) is 0. The van der Waals surface area contributed by atoms with Crippen LogP contribution in [-0.4, -0.2) is 48.9 Å². The van der Waals surface area contributed by atoms with Gasteiger partial charge in [0.2, 0.25) is 5.91 Å². The van der Waals surface area contributed by atoms with Crippen LogP contribution >= 0.6 is 0 Å². The van der Waals surface area contributed by atoms with Gasteiger partial charge in [-0.2, -0.15) is 0 Å². The zero-order valence-electron chi connectivity index (χ0n) is 9.17. The molecule has 1 rings (SSSR count). The second-order valence-electron chi connectivity index (χ2n) is 3.75. The summed E-state index contributed by atoms with van der Waals surface area (Å²) < 4.78 is 0. The van der Waals surface area contributed by atoms with Gasteiger partial charge in [0, 0.05) is 32.6 Å². The number of hydrogen-bond acceptors (Lipinski definition) is 4. The SMILES string of the molecule is CC(=O)NNC(=O)CN1CCNC[C@H]1C. The van der Waals surface area contributed by atoms with E-state index in [0.717, 1.165) is 19.6 Å². The van der Waals surface area contributed by atoms with Gasteiger partial charge in [0.1, 0.15) is 0 Å². The molecule has 1 aliphatic rings. The highest BCUT2D eigenvalue weighted by Crippen LogP contribution is 2.00. The smallest absolute Gasteiger partial charge is 0.252 e. The molecular weight excluding hydrogens is 196 g/mol. The zero-order valence-corrected chi connectivity index (χ0v) is 9.17. The van der Waals surface area contributed by atoms with E-state index < -0.39 is 0 Å². The Bertz CT molecular complexity index is 244. The number of carbonyl (C=O) groups is 2. The van der Waals surface area contributed by atoms with Gasteiger partial charge in [-0.15, -0.1) is 0 Å². The Kier molecular flexibility index (Phi) is 4.51. The molecule has 0 spiro atoms. The second kappa shape index (κ2) is 5.67. The number of piperazine rings is 1. The van der Waals surface area contributed by atoms with Gasteiger partial charge in [0.05, 0.1) is 6.54 Å². The number of hydrogen-bond donors (Lipinski definition) is 3. The van der Waals surface area contributed by atoms with E-state index in [2.05, 4.69) is 28.0 Å². The Labute approximate surface area is 89.4 Å². The number of nitrogens with zero attached hydrogens (tertiary/aromatic N) is 1. The summed E-state index contributed by atoms with van der Waals surface area (Å²) in [5.41, 5.74) is 4.62. The van der Waals surface area contributed by atoms with Crippen molar-refractivity contribution >= 4 is 11.8 Å². The first-order chi connectivity index (χ1) is 7.09. The summed E-state index contributed by atoms with van der Waals surface area (Å²) in [6.45, 7) is 6.40. The molecule has 0 aromatic rings. The minimum atomic E-state index is -0.267. The van der Waals surface area contributed by atoms with Crippen LogP contribution in [0.2, 0.25) is 0 Å². The molecule has 0 aliphatic carbocycles. The van der Waals surface area contributed by atoms with Crippen LogP contribution in [0.15, 0.2) is 0 Å². The molecule has 2 amide bonds. The van der Waals surface area contributed by atoms with Crippen molar-refractivity contribution in [3.05, 3.63) is 0 Å². The third-order valence-electron chi connectivity index (χ3n) is 2.36. The number of nitrogens with one attached hydrogen (secondary N) is 3. The van der Waals surface area contributed by atoms with E-state index in [1.807, 2.05) is 0 Å². The fraction of sp³-hybridized carbons (Fsp3) is 0.778. The van der Waals surface area contributed by atoms with Crippen LogP contribution in [0.5, 0.6) is 0 Å². The molecule has 1 saturated heterocycles. The van der Waals surface area contributed by atoms with Crippen molar-refractivity contribution in [2.24, 2.45) is 0 Å². The fourth-order valence-corrected chi connectivity index (χ4v) is 1.50. The van der Waals surface area contributed by atoms with Gasteiger partial charge in [-0.25, -0.2) is 0 Å². The van der Waals surface area contributed by atoms with Gasteiger partial charge in [0.15, 0.2) is 0 Å². The van der Waals surface area contributed by atoms with Gasteiger partial charge in [0.25, 0.3) is 5.91 Å². The number of carbonyl (C=O) groups excluding carboxylic acids is 2. The zero-order chi connectivity index (χ0) is 11.3. The van der Waals surface area contributed by atoms with Crippen molar-refractivity contribution < 1.29 is 9.59 Å². The molecule has 0 radical (unpaired) electrons. The van der Waals surface area contributed by atoms with Gasteiger partial charge in [-0.05, 0) is 6.92 Å². The summed E-state index contributed by atoms with van der Waals surface area (Å²) in [5, 5.41) is 3.24. The molecule has 0 unspecified atom stereocenters. The monoisotopic (exact) mass is 214 g/mol. The van der Waals surface area contributed by atoms with Crippen molar-refractivity contribution in [2.45, 2.75) is 19.9 Å². The van der Waals surface area contributed by atoms with Crippen molar-refractivity contribution in [1.29, 1.82) is 0 Å². The highest BCUT2D eigenvalue weighted by Gasteiger charge is 2.19. The summed E-state index contributed by atoms with van der Waals surface area (Å²) >= 11 is 0. The Morgan fingerprint density at radius 1 is 1.47 bits per heavy atom. The third kappa shape index (κ3) is 4.26. The van der Waals surface area contributed by atoms with Crippen molar-refractivity contribution in [3.63, 3.8) is 0 Å². The molecule has 6 heteroatoms. The highest BCUT2D eigenvalue weighted by atomic mass is 16.2. The summed E-state index contributed by atoms with van der Waals surface area (Å²) in [6.07, 6.45) is 0. The maximum Gasteiger partial charge on any atom is 0.252 e. The molecule has 1 fully saturated rings. The maximum atomic E-state index is 11.4. The molecule has 0 aromatic carbocycles. The Morgan fingerprint density at radius 3 is 2.80 bits per heavy atom. The molecule has 0 aromatic heterocycles.